The van der Waals surface area contributed by atoms with Gasteiger partial charge in [0.25, 0.3) is 5.56 Å². The predicted molar refractivity (Wildman–Crippen MR) is 110 cm³/mol. The first-order chi connectivity index (χ1) is 13.8. The van der Waals surface area contributed by atoms with Gasteiger partial charge in [-0.2, -0.15) is 0 Å². The fourth-order valence-corrected chi connectivity index (χ4v) is 3.90. The first-order valence-corrected chi connectivity index (χ1v) is 10.2. The van der Waals surface area contributed by atoms with Crippen LogP contribution in [0.2, 0.25) is 0 Å². The van der Waals surface area contributed by atoms with Gasteiger partial charge in [0.2, 0.25) is 0 Å². The van der Waals surface area contributed by atoms with Gasteiger partial charge in [0.1, 0.15) is 11.5 Å². The minimum Gasteiger partial charge on any atom is -0.304 e. The van der Waals surface area contributed by atoms with Crippen molar-refractivity contribution in [2.45, 2.75) is 52.1 Å². The highest BCUT2D eigenvalue weighted by molar-refractivity contribution is 5.39. The molecule has 3 aromatic heterocycles. The van der Waals surface area contributed by atoms with Crippen LogP contribution in [0.25, 0.3) is 5.65 Å². The van der Waals surface area contributed by atoms with Crippen molar-refractivity contribution >= 4 is 5.65 Å². The maximum atomic E-state index is 13.3. The average molecular weight is 397 g/mol. The maximum Gasteiger partial charge on any atom is 0.253 e. The van der Waals surface area contributed by atoms with Crippen LogP contribution in [0, 0.1) is 11.7 Å². The van der Waals surface area contributed by atoms with Crippen molar-refractivity contribution in [2.75, 3.05) is 13.1 Å². The van der Waals surface area contributed by atoms with Crippen LogP contribution in [-0.4, -0.2) is 36.9 Å². The zero-order chi connectivity index (χ0) is 20.6. The van der Waals surface area contributed by atoms with E-state index in [9.17, 15) is 9.18 Å². The van der Waals surface area contributed by atoms with Crippen LogP contribution < -0.4 is 5.56 Å². The van der Waals surface area contributed by atoms with Gasteiger partial charge in [-0.05, 0) is 44.0 Å². The molecular formula is C22H28FN5O. The second-order valence-corrected chi connectivity index (χ2v) is 9.08. The number of piperidine rings is 1. The molecule has 0 unspecified atom stereocenters. The van der Waals surface area contributed by atoms with E-state index in [2.05, 4.69) is 35.6 Å². The largest absolute Gasteiger partial charge is 0.304 e. The second kappa shape index (κ2) is 7.71. The molecule has 0 aliphatic carbocycles. The van der Waals surface area contributed by atoms with E-state index in [1.807, 2.05) is 6.20 Å². The van der Waals surface area contributed by atoms with Crippen molar-refractivity contribution in [3.05, 3.63) is 64.5 Å². The number of halogens is 1. The monoisotopic (exact) mass is 397 g/mol. The number of nitrogens with zero attached hydrogens (tertiary/aromatic N) is 5. The predicted octanol–water partition coefficient (Wildman–Crippen LogP) is 3.24. The molecule has 1 saturated heterocycles. The van der Waals surface area contributed by atoms with E-state index in [0.717, 1.165) is 56.1 Å². The fraction of sp³-hybridized carbons (Fsp3) is 0.500. The normalized spacial score (nSPS) is 16.6. The lowest BCUT2D eigenvalue weighted by Gasteiger charge is -2.31. The molecule has 3 aromatic rings. The average Bonchev–Trinajstić information content (AvgIpc) is 3.05. The second-order valence-electron chi connectivity index (χ2n) is 9.08. The van der Waals surface area contributed by atoms with Crippen LogP contribution in [0.1, 0.15) is 45.0 Å². The summed E-state index contributed by atoms with van der Waals surface area (Å²) in [5.41, 5.74) is 2.46. The summed E-state index contributed by atoms with van der Waals surface area (Å²) in [6, 6.07) is 4.80. The van der Waals surface area contributed by atoms with Gasteiger partial charge in [-0.1, -0.05) is 20.8 Å². The minimum atomic E-state index is -0.262. The molecule has 29 heavy (non-hydrogen) atoms. The Morgan fingerprint density at radius 1 is 1.17 bits per heavy atom. The zero-order valence-electron chi connectivity index (χ0n) is 17.3. The number of aromatic nitrogens is 4. The molecule has 0 spiro atoms. The van der Waals surface area contributed by atoms with E-state index in [0.29, 0.717) is 5.92 Å². The van der Waals surface area contributed by atoms with Crippen molar-refractivity contribution in [2.24, 2.45) is 5.92 Å². The van der Waals surface area contributed by atoms with E-state index < -0.39 is 0 Å². The van der Waals surface area contributed by atoms with Crippen LogP contribution in [0.15, 0.2) is 41.7 Å². The third-order valence-corrected chi connectivity index (χ3v) is 5.66. The lowest BCUT2D eigenvalue weighted by molar-refractivity contribution is 0.165. The van der Waals surface area contributed by atoms with Crippen molar-refractivity contribution in [1.29, 1.82) is 0 Å². The summed E-state index contributed by atoms with van der Waals surface area (Å²) in [6.45, 7) is 9.61. The highest BCUT2D eigenvalue weighted by Gasteiger charge is 2.22. The molecular weight excluding hydrogens is 369 g/mol. The lowest BCUT2D eigenvalue weighted by Crippen LogP contribution is -2.36. The molecule has 7 heteroatoms. The molecule has 0 bridgehead atoms. The Balaban J connectivity index is 1.34. The Morgan fingerprint density at radius 2 is 1.93 bits per heavy atom. The Bertz CT molecular complexity index is 1060. The molecule has 0 atom stereocenters. The van der Waals surface area contributed by atoms with Gasteiger partial charge < -0.3 is 4.40 Å². The Hall–Kier alpha value is -2.54. The van der Waals surface area contributed by atoms with E-state index in [-0.39, 0.29) is 16.8 Å². The van der Waals surface area contributed by atoms with Gasteiger partial charge in [0.05, 0.1) is 17.7 Å². The SMILES string of the molecule is CC(C)(C)c1cc(=O)n(CC2CCN(Cc3cn4cc(F)ccc4n3)CC2)cn1. The van der Waals surface area contributed by atoms with E-state index in [4.69, 9.17) is 0 Å². The van der Waals surface area contributed by atoms with Crippen molar-refractivity contribution in [1.82, 2.24) is 23.8 Å². The Labute approximate surface area is 170 Å². The zero-order valence-corrected chi connectivity index (χ0v) is 17.3. The van der Waals surface area contributed by atoms with Crippen molar-refractivity contribution < 1.29 is 4.39 Å². The molecule has 1 aliphatic rings. The van der Waals surface area contributed by atoms with Gasteiger partial charge >= 0.3 is 0 Å². The number of likely N-dealkylation sites (tertiary alicyclic amines) is 1. The first kappa shape index (κ1) is 19.8. The van der Waals surface area contributed by atoms with Gasteiger partial charge in [-0.25, -0.2) is 14.4 Å². The van der Waals surface area contributed by atoms with E-state index in [1.165, 1.54) is 12.3 Å². The van der Waals surface area contributed by atoms with E-state index in [1.54, 1.807) is 27.4 Å². The summed E-state index contributed by atoms with van der Waals surface area (Å²) in [4.78, 5) is 23.9. The molecule has 0 N–H and O–H groups in total. The summed E-state index contributed by atoms with van der Waals surface area (Å²) >= 11 is 0. The fourth-order valence-electron chi connectivity index (χ4n) is 3.90. The molecule has 0 amide bonds. The van der Waals surface area contributed by atoms with Gasteiger partial charge in [0, 0.05) is 37.0 Å². The number of hydrogen-bond donors (Lipinski definition) is 0. The van der Waals surface area contributed by atoms with Crippen LogP contribution >= 0.6 is 0 Å². The molecule has 4 rings (SSSR count). The molecule has 1 aliphatic heterocycles. The summed E-state index contributed by atoms with van der Waals surface area (Å²) < 4.78 is 16.8. The minimum absolute atomic E-state index is 0.0317. The van der Waals surface area contributed by atoms with Crippen LogP contribution in [0.5, 0.6) is 0 Å². The Kier molecular flexibility index (Phi) is 5.25. The number of pyridine rings is 1. The van der Waals surface area contributed by atoms with Gasteiger partial charge in [0.15, 0.2) is 0 Å². The van der Waals surface area contributed by atoms with Crippen LogP contribution in [0.3, 0.4) is 0 Å². The van der Waals surface area contributed by atoms with Crippen molar-refractivity contribution in [3.63, 3.8) is 0 Å². The third-order valence-electron chi connectivity index (χ3n) is 5.66. The summed E-state index contributed by atoms with van der Waals surface area (Å²) in [5, 5.41) is 0. The molecule has 0 aromatic carbocycles. The lowest BCUT2D eigenvalue weighted by atomic mass is 9.92. The summed E-state index contributed by atoms with van der Waals surface area (Å²) in [6.07, 6.45) is 7.12. The topological polar surface area (TPSA) is 55.4 Å². The number of imidazole rings is 1. The van der Waals surface area contributed by atoms with Crippen LogP contribution in [0.4, 0.5) is 4.39 Å². The van der Waals surface area contributed by atoms with Crippen LogP contribution in [-0.2, 0) is 18.5 Å². The molecule has 0 radical (unpaired) electrons. The quantitative estimate of drug-likeness (QED) is 0.678. The maximum absolute atomic E-state index is 13.3. The van der Waals surface area contributed by atoms with Gasteiger partial charge in [-0.15, -0.1) is 0 Å². The highest BCUT2D eigenvalue weighted by atomic mass is 19.1. The Morgan fingerprint density at radius 3 is 2.62 bits per heavy atom. The highest BCUT2D eigenvalue weighted by Crippen LogP contribution is 2.21. The first-order valence-electron chi connectivity index (χ1n) is 10.2. The van der Waals surface area contributed by atoms with E-state index >= 15 is 0 Å². The molecule has 6 nitrogen and oxygen atoms in total. The van der Waals surface area contributed by atoms with Crippen molar-refractivity contribution in [3.8, 4) is 0 Å². The molecule has 4 heterocycles. The molecule has 154 valence electrons. The molecule has 0 saturated carbocycles. The smallest absolute Gasteiger partial charge is 0.253 e. The number of rotatable bonds is 4. The summed E-state index contributed by atoms with van der Waals surface area (Å²) in [7, 11) is 0. The van der Waals surface area contributed by atoms with Gasteiger partial charge in [-0.3, -0.25) is 14.3 Å². The standard InChI is InChI=1S/C22H28FN5O/c1-22(2,3)19-10-21(29)28(15-24-19)11-16-6-8-26(9-7-16)13-18-14-27-12-17(23)4-5-20(27)25-18/h4-5,10,12,14-16H,6-9,11,13H2,1-3H3. The third kappa shape index (κ3) is 4.56. The molecule has 1 fully saturated rings. The number of hydrogen-bond acceptors (Lipinski definition) is 4. The summed E-state index contributed by atoms with van der Waals surface area (Å²) in [5.74, 6) is 0.212. The number of fused-ring (bicyclic) bond motifs is 1.